The molecule has 0 spiro atoms. The highest BCUT2D eigenvalue weighted by Crippen LogP contribution is 2.35. The second-order valence-corrected chi connectivity index (χ2v) is 34.7. The van der Waals surface area contributed by atoms with Crippen LogP contribution in [0.5, 0.6) is 0 Å². The molecule has 7 heteroatoms. The van der Waals surface area contributed by atoms with E-state index in [1.54, 1.807) is 0 Å². The summed E-state index contributed by atoms with van der Waals surface area (Å²) in [5, 5.41) is 66.0. The Labute approximate surface area is 658 Å². The predicted molar refractivity (Wildman–Crippen MR) is 460 cm³/mol. The average molecular weight is 1440 g/mol. The predicted octanol–water partition coefficient (Wildman–Crippen LogP) is 27.3. The van der Waals surface area contributed by atoms with E-state index in [2.05, 4.69) is 303 Å². The molecule has 0 saturated heterocycles. The molecule has 0 unspecified atom stereocenters. The third kappa shape index (κ3) is 26.2. The molecule has 110 heavy (non-hydrogen) atoms. The van der Waals surface area contributed by atoms with Gasteiger partial charge in [0.15, 0.2) is 0 Å². The number of rotatable bonds is 3. The summed E-state index contributed by atoms with van der Waals surface area (Å²) in [6.07, 6.45) is 0. The van der Waals surface area contributed by atoms with Crippen molar-refractivity contribution in [3.63, 3.8) is 0 Å². The van der Waals surface area contributed by atoms with Crippen molar-refractivity contribution in [1.82, 2.24) is 0 Å². The number of nitrogens with zero attached hydrogens (tertiary/aromatic N) is 7. The molecule has 0 radical (unpaired) electrons. The van der Waals surface area contributed by atoms with Crippen LogP contribution in [0.2, 0.25) is 0 Å². The summed E-state index contributed by atoms with van der Waals surface area (Å²) in [5.41, 5.74) is 22.3. The second kappa shape index (κ2) is 37.9. The highest BCUT2D eigenvalue weighted by atomic mass is 14.3. The summed E-state index contributed by atoms with van der Waals surface area (Å²) < 4.78 is 0. The van der Waals surface area contributed by atoms with E-state index in [0.717, 1.165) is 44.2 Å². The standard InChI is InChI=1S/3C17H17N.2C15H15N.2C11H13N/c1-17(2,3)16-10-8-15(9-11-16)14-6-4-13(12-18)5-7-14;1-17(2,3)16-6-4-5-15(11-16)14-9-7-13(12-18)8-10-14;1-17(2,3)16-7-5-4-6-15(16)14-10-8-13(12-18)9-11-14;1-15(2,3)14-7-6-12-8-11(10-16)4-5-13(12)9-14;1-15(2,3)14-7-6-12-5-4-11(10-16)8-13(12)9-14;1-11(2,3)10-6-4-9(8-12)5-7-10;1-11(2,3)10-6-4-5-9(7-10)8-12/h3*4-11H,1-3H3;2*4-9H,1-3H3;2*4-7H,1-3H3. The topological polar surface area (TPSA) is 167 Å². The zero-order chi connectivity index (χ0) is 81.4. The van der Waals surface area contributed by atoms with Crippen molar-refractivity contribution in [2.45, 2.75) is 183 Å². The van der Waals surface area contributed by atoms with E-state index in [9.17, 15) is 0 Å². The molecule has 12 rings (SSSR count). The van der Waals surface area contributed by atoms with Gasteiger partial charge in [0, 0.05) is 0 Å². The molecule has 0 heterocycles. The van der Waals surface area contributed by atoms with Crippen LogP contribution in [0.1, 0.15) is 223 Å². The van der Waals surface area contributed by atoms with Gasteiger partial charge in [-0.2, -0.15) is 36.8 Å². The molecule has 0 amide bonds. The van der Waals surface area contributed by atoms with E-state index in [-0.39, 0.29) is 37.9 Å². The molecule has 0 aliphatic heterocycles. The molecule has 0 saturated carbocycles. The molecule has 12 aromatic rings. The highest BCUT2D eigenvalue weighted by molar-refractivity contribution is 5.86. The molecule has 0 bridgehead atoms. The third-order valence-electron chi connectivity index (χ3n) is 18.6. The van der Waals surface area contributed by atoms with E-state index in [1.165, 1.54) is 72.0 Å². The minimum Gasteiger partial charge on any atom is -0.192 e. The van der Waals surface area contributed by atoms with E-state index in [1.807, 2.05) is 152 Å². The summed E-state index contributed by atoms with van der Waals surface area (Å²) in [5.74, 6) is 0. The van der Waals surface area contributed by atoms with E-state index >= 15 is 0 Å². The molecule has 0 aliphatic carbocycles. The number of fused-ring (bicyclic) bond motifs is 2. The summed E-state index contributed by atoms with van der Waals surface area (Å²) in [4.78, 5) is 0. The zero-order valence-corrected chi connectivity index (χ0v) is 68.5. The van der Waals surface area contributed by atoms with Crippen LogP contribution in [0.4, 0.5) is 0 Å². The molecular weight excluding hydrogens is 1340 g/mol. The van der Waals surface area contributed by atoms with Crippen LogP contribution in [-0.2, 0) is 37.9 Å². The maximum atomic E-state index is 8.88. The van der Waals surface area contributed by atoms with Crippen LogP contribution in [0, 0.1) is 79.3 Å². The molecule has 0 fully saturated rings. The average Bonchev–Trinajstić information content (AvgIpc) is 0.821. The fourth-order valence-electron chi connectivity index (χ4n) is 11.6. The van der Waals surface area contributed by atoms with E-state index in [0.29, 0.717) is 16.7 Å². The van der Waals surface area contributed by atoms with Gasteiger partial charge in [-0.1, -0.05) is 327 Å². The lowest BCUT2D eigenvalue weighted by Gasteiger charge is -2.23. The van der Waals surface area contributed by atoms with Crippen molar-refractivity contribution in [3.05, 3.63) is 345 Å². The first-order valence-corrected chi connectivity index (χ1v) is 37.3. The van der Waals surface area contributed by atoms with Gasteiger partial charge >= 0.3 is 0 Å². The fourth-order valence-corrected chi connectivity index (χ4v) is 11.6. The third-order valence-corrected chi connectivity index (χ3v) is 18.6. The Bertz CT molecular complexity index is 5360. The summed E-state index contributed by atoms with van der Waals surface area (Å²) in [6.45, 7) is 46.0. The number of nitriles is 7. The lowest BCUT2D eigenvalue weighted by molar-refractivity contribution is 0.590. The SMILES string of the molecule is CC(C)(C)c1ccc(-c2ccc(C#N)cc2)cc1.CC(C)(C)c1ccc(C#N)cc1.CC(C)(C)c1ccc2cc(C#N)ccc2c1.CC(C)(C)c1ccc2ccc(C#N)cc2c1.CC(C)(C)c1cccc(-c2ccc(C#N)cc2)c1.CC(C)(C)c1cccc(C#N)c1.CC(C)(C)c1ccccc1-c1ccc(C#N)cc1. The van der Waals surface area contributed by atoms with Crippen molar-refractivity contribution in [2.75, 3.05) is 0 Å². The van der Waals surface area contributed by atoms with Crippen LogP contribution >= 0.6 is 0 Å². The van der Waals surface area contributed by atoms with Gasteiger partial charge in [-0.3, -0.25) is 0 Å². The lowest BCUT2D eigenvalue weighted by atomic mass is 9.82. The Balaban J connectivity index is 0.000000201. The fraction of sp³-hybridized carbons (Fsp3) is 0.272. The number of hydrogen-bond donors (Lipinski definition) is 0. The van der Waals surface area contributed by atoms with Crippen LogP contribution in [0.3, 0.4) is 0 Å². The maximum absolute atomic E-state index is 8.88. The largest absolute Gasteiger partial charge is 0.192 e. The Morgan fingerprint density at radius 1 is 0.173 bits per heavy atom. The first kappa shape index (κ1) is 86.5. The van der Waals surface area contributed by atoms with Crippen molar-refractivity contribution in [2.24, 2.45) is 0 Å². The molecule has 7 nitrogen and oxygen atoms in total. The normalized spacial score (nSPS) is 11.1. The minimum absolute atomic E-state index is 0.116. The first-order chi connectivity index (χ1) is 51.6. The van der Waals surface area contributed by atoms with Crippen molar-refractivity contribution in [3.8, 4) is 75.9 Å². The highest BCUT2D eigenvalue weighted by Gasteiger charge is 2.21. The summed E-state index contributed by atoms with van der Waals surface area (Å²) in [6, 6.07) is 104. The van der Waals surface area contributed by atoms with Gasteiger partial charge in [-0.15, -0.1) is 0 Å². The minimum atomic E-state index is 0.116. The van der Waals surface area contributed by atoms with Crippen molar-refractivity contribution >= 4 is 21.5 Å². The van der Waals surface area contributed by atoms with Gasteiger partial charge in [-0.05, 0) is 217 Å². The van der Waals surface area contributed by atoms with Gasteiger partial charge in [0.2, 0.25) is 0 Å². The van der Waals surface area contributed by atoms with Gasteiger partial charge in [0.1, 0.15) is 0 Å². The molecule has 0 aromatic heterocycles. The van der Waals surface area contributed by atoms with Crippen molar-refractivity contribution in [1.29, 1.82) is 36.8 Å². The molecule has 554 valence electrons. The molecular formula is C103H107N7. The Morgan fingerprint density at radius 3 is 0.855 bits per heavy atom. The van der Waals surface area contributed by atoms with Crippen LogP contribution < -0.4 is 0 Å². The Hall–Kier alpha value is -12.4. The lowest BCUT2D eigenvalue weighted by Crippen LogP contribution is -2.12. The van der Waals surface area contributed by atoms with Crippen LogP contribution in [0.25, 0.3) is 54.9 Å². The molecule has 0 atom stereocenters. The smallest absolute Gasteiger partial charge is 0.0991 e. The molecule has 0 N–H and O–H groups in total. The first-order valence-electron chi connectivity index (χ1n) is 37.3. The molecule has 12 aromatic carbocycles. The van der Waals surface area contributed by atoms with Gasteiger partial charge in [0.25, 0.3) is 0 Å². The zero-order valence-electron chi connectivity index (χ0n) is 68.5. The van der Waals surface area contributed by atoms with Gasteiger partial charge < -0.3 is 0 Å². The summed E-state index contributed by atoms with van der Waals surface area (Å²) >= 11 is 0. The van der Waals surface area contributed by atoms with Crippen LogP contribution in [0.15, 0.2) is 267 Å². The number of hydrogen-bond acceptors (Lipinski definition) is 7. The van der Waals surface area contributed by atoms with Crippen molar-refractivity contribution < 1.29 is 0 Å². The monoisotopic (exact) mass is 1440 g/mol. The van der Waals surface area contributed by atoms with Gasteiger partial charge in [0.05, 0.1) is 81.4 Å². The number of benzene rings is 12. The van der Waals surface area contributed by atoms with E-state index in [4.69, 9.17) is 36.8 Å². The summed E-state index contributed by atoms with van der Waals surface area (Å²) in [7, 11) is 0. The second-order valence-electron chi connectivity index (χ2n) is 34.7. The quantitative estimate of drug-likeness (QED) is 0.170. The van der Waals surface area contributed by atoms with E-state index < -0.39 is 0 Å². The Kier molecular flexibility index (Phi) is 29.8. The maximum Gasteiger partial charge on any atom is 0.0991 e. The molecule has 0 aliphatic rings. The van der Waals surface area contributed by atoms with Gasteiger partial charge in [-0.25, -0.2) is 0 Å². The van der Waals surface area contributed by atoms with Crippen LogP contribution in [-0.4, -0.2) is 0 Å². The Morgan fingerprint density at radius 2 is 0.445 bits per heavy atom.